The SMILES string of the molecule is [C-]#[N+]C(C#N)=C(C)c1ccc2cc(N(C)CCOS(=O)(=O)CCCCS(=O)(=O)NCc3ccc(CC(CC)CC)cc3)ccc2c1. The minimum atomic E-state index is -3.80. The molecule has 0 spiro atoms. The number of fused-ring (bicyclic) bond motifs is 1. The molecule has 0 aliphatic rings. The van der Waals surface area contributed by atoms with Gasteiger partial charge in [0.1, 0.15) is 0 Å². The van der Waals surface area contributed by atoms with Gasteiger partial charge in [0.25, 0.3) is 15.8 Å². The number of hydrogen-bond acceptors (Lipinski definition) is 7. The van der Waals surface area contributed by atoms with Crippen LogP contribution in [0.4, 0.5) is 5.69 Å². The molecule has 0 heterocycles. The van der Waals surface area contributed by atoms with Crippen LogP contribution in [0.15, 0.2) is 66.4 Å². The number of nitriles is 1. The van der Waals surface area contributed by atoms with Gasteiger partial charge in [0.2, 0.25) is 10.0 Å². The van der Waals surface area contributed by atoms with E-state index < -0.39 is 20.1 Å². The van der Waals surface area contributed by atoms with Crippen molar-refractivity contribution in [2.24, 2.45) is 5.92 Å². The highest BCUT2D eigenvalue weighted by Crippen LogP contribution is 2.27. The Bertz CT molecular complexity index is 1790. The number of anilines is 1. The van der Waals surface area contributed by atoms with Crippen molar-refractivity contribution in [1.82, 2.24) is 4.72 Å². The molecule has 3 rings (SSSR count). The third-order valence-electron chi connectivity index (χ3n) is 8.22. The molecule has 0 aliphatic heterocycles. The zero-order valence-corrected chi connectivity index (χ0v) is 28.8. The molecule has 3 aromatic carbocycles. The van der Waals surface area contributed by atoms with Crippen molar-refractivity contribution in [3.63, 3.8) is 0 Å². The molecule has 11 heteroatoms. The maximum Gasteiger partial charge on any atom is 0.267 e. The van der Waals surface area contributed by atoms with Crippen LogP contribution in [-0.4, -0.2) is 48.5 Å². The van der Waals surface area contributed by atoms with Crippen LogP contribution >= 0.6 is 0 Å². The second-order valence-electron chi connectivity index (χ2n) is 11.5. The lowest BCUT2D eigenvalue weighted by atomic mass is 9.94. The smallest absolute Gasteiger partial charge is 0.267 e. The van der Waals surface area contributed by atoms with Crippen LogP contribution < -0.4 is 9.62 Å². The van der Waals surface area contributed by atoms with Gasteiger partial charge in [0.05, 0.1) is 30.8 Å². The van der Waals surface area contributed by atoms with Crippen LogP contribution in [0.5, 0.6) is 0 Å². The number of benzene rings is 3. The van der Waals surface area contributed by atoms with E-state index in [4.69, 9.17) is 16.0 Å². The van der Waals surface area contributed by atoms with Gasteiger partial charge in [-0.05, 0) is 83.3 Å². The van der Waals surface area contributed by atoms with Crippen LogP contribution in [0.2, 0.25) is 0 Å². The van der Waals surface area contributed by atoms with E-state index in [0.717, 1.165) is 46.8 Å². The van der Waals surface area contributed by atoms with Crippen LogP contribution in [-0.2, 0) is 37.3 Å². The summed E-state index contributed by atoms with van der Waals surface area (Å²) >= 11 is 0. The number of likely N-dealkylation sites (N-methyl/N-ethyl adjacent to an activating group) is 1. The Balaban J connectivity index is 1.41. The molecule has 0 unspecified atom stereocenters. The molecule has 9 nitrogen and oxygen atoms in total. The van der Waals surface area contributed by atoms with Gasteiger partial charge in [-0.3, -0.25) is 4.18 Å². The molecule has 0 radical (unpaired) electrons. The first-order valence-corrected chi connectivity index (χ1v) is 18.8. The second-order valence-corrected chi connectivity index (χ2v) is 15.2. The lowest BCUT2D eigenvalue weighted by Gasteiger charge is -2.20. The van der Waals surface area contributed by atoms with E-state index in [2.05, 4.69) is 35.5 Å². The van der Waals surface area contributed by atoms with Gasteiger partial charge in [0, 0.05) is 25.8 Å². The van der Waals surface area contributed by atoms with E-state index in [1.165, 1.54) is 5.56 Å². The number of rotatable bonds is 18. The molecule has 0 aromatic heterocycles. The van der Waals surface area contributed by atoms with Crippen LogP contribution in [0.3, 0.4) is 0 Å². The number of allylic oxidation sites excluding steroid dienone is 2. The minimum Gasteiger partial charge on any atom is -0.372 e. The van der Waals surface area contributed by atoms with Gasteiger partial charge in [0.15, 0.2) is 0 Å². The highest BCUT2D eigenvalue weighted by Gasteiger charge is 2.15. The van der Waals surface area contributed by atoms with Gasteiger partial charge in [-0.2, -0.15) is 8.42 Å². The molecule has 0 saturated heterocycles. The monoisotopic (exact) mass is 664 g/mol. The lowest BCUT2D eigenvalue weighted by molar-refractivity contribution is 0.325. The van der Waals surface area contributed by atoms with Crippen molar-refractivity contribution in [3.05, 3.63) is 94.5 Å². The topological polar surface area (TPSA) is 121 Å². The van der Waals surface area contributed by atoms with E-state index in [1.54, 1.807) is 6.92 Å². The van der Waals surface area contributed by atoms with Gasteiger partial charge in [-0.15, -0.1) is 0 Å². The van der Waals surface area contributed by atoms with Crippen LogP contribution in [0, 0.1) is 23.8 Å². The first-order chi connectivity index (χ1) is 21.9. The van der Waals surface area contributed by atoms with E-state index >= 15 is 0 Å². The lowest BCUT2D eigenvalue weighted by Crippen LogP contribution is -2.26. The molecular weight excluding hydrogens is 621 g/mol. The molecule has 1 N–H and O–H groups in total. The van der Waals surface area contributed by atoms with Crippen molar-refractivity contribution < 1.29 is 21.0 Å². The predicted octanol–water partition coefficient (Wildman–Crippen LogP) is 6.67. The first-order valence-electron chi connectivity index (χ1n) is 15.6. The fraction of sp³-hybridized carbons (Fsp3) is 0.429. The summed E-state index contributed by atoms with van der Waals surface area (Å²) in [5, 5.41) is 11.1. The molecule has 0 saturated carbocycles. The molecular formula is C35H44N4O5S2. The second kappa shape index (κ2) is 17.3. The zero-order chi connectivity index (χ0) is 33.7. The number of sulfonamides is 1. The molecule has 0 amide bonds. The summed E-state index contributed by atoms with van der Waals surface area (Å²) in [7, 11) is -5.50. The Morgan fingerprint density at radius 2 is 1.59 bits per heavy atom. The average Bonchev–Trinajstić information content (AvgIpc) is 3.05. The normalized spacial score (nSPS) is 12.5. The maximum absolute atomic E-state index is 12.5. The Morgan fingerprint density at radius 3 is 2.24 bits per heavy atom. The third-order valence-corrected chi connectivity index (χ3v) is 10.9. The van der Waals surface area contributed by atoms with E-state index in [1.807, 2.05) is 66.5 Å². The molecule has 0 aliphatic carbocycles. The highest BCUT2D eigenvalue weighted by molar-refractivity contribution is 7.89. The number of nitrogens with one attached hydrogen (secondary N) is 1. The summed E-state index contributed by atoms with van der Waals surface area (Å²) in [5.74, 6) is 0.242. The fourth-order valence-electron chi connectivity index (χ4n) is 5.06. The van der Waals surface area contributed by atoms with Gasteiger partial charge in [-0.1, -0.05) is 69.2 Å². The van der Waals surface area contributed by atoms with Crippen LogP contribution in [0.25, 0.3) is 21.2 Å². The van der Waals surface area contributed by atoms with E-state index in [0.29, 0.717) is 18.0 Å². The largest absolute Gasteiger partial charge is 0.372 e. The standard InChI is InChI=1S/C35H44N4O5S2/c1-6-28(7-2)22-29-10-12-30(13-11-29)26-38-45(40,41)20-8-9-21-46(42,43)44-19-18-39(5)34-17-16-32-23-31(14-15-33(32)24-34)27(3)35(25-36)37-4/h10-17,23-24,28,38H,6-9,18-22,26H2,1-3,5H3. The molecule has 46 heavy (non-hydrogen) atoms. The number of nitrogens with zero attached hydrogens (tertiary/aromatic N) is 3. The Labute approximate surface area is 274 Å². The summed E-state index contributed by atoms with van der Waals surface area (Å²) in [6, 6.07) is 21.5. The molecule has 0 fully saturated rings. The minimum absolute atomic E-state index is 0.0381. The molecule has 0 atom stereocenters. The molecule has 0 bridgehead atoms. The summed E-state index contributed by atoms with van der Waals surface area (Å²) in [5.41, 5.74) is 4.50. The Morgan fingerprint density at radius 1 is 0.957 bits per heavy atom. The van der Waals surface area contributed by atoms with E-state index in [-0.39, 0.29) is 43.2 Å². The zero-order valence-electron chi connectivity index (χ0n) is 27.1. The highest BCUT2D eigenvalue weighted by atomic mass is 32.2. The number of hydrogen-bond donors (Lipinski definition) is 1. The van der Waals surface area contributed by atoms with Gasteiger partial charge < -0.3 is 4.90 Å². The first kappa shape index (κ1) is 36.7. The fourth-order valence-corrected chi connectivity index (χ4v) is 7.18. The predicted molar refractivity (Wildman–Crippen MR) is 186 cm³/mol. The summed E-state index contributed by atoms with van der Waals surface area (Å²) in [6.07, 6.45) is 3.67. The summed E-state index contributed by atoms with van der Waals surface area (Å²) in [6.45, 7) is 13.8. The third kappa shape index (κ3) is 11.3. The van der Waals surface area contributed by atoms with Crippen LogP contribution in [0.1, 0.15) is 63.1 Å². The Hall–Kier alpha value is -3.74. The van der Waals surface area contributed by atoms with Crippen molar-refractivity contribution in [3.8, 4) is 6.07 Å². The summed E-state index contributed by atoms with van der Waals surface area (Å²) < 4.78 is 57.6. The number of unbranched alkanes of at least 4 members (excludes halogenated alkanes) is 1. The van der Waals surface area contributed by atoms with Gasteiger partial charge in [-0.25, -0.2) is 23.2 Å². The molecule has 246 valence electrons. The average molecular weight is 665 g/mol. The van der Waals surface area contributed by atoms with E-state index in [9.17, 15) is 16.8 Å². The van der Waals surface area contributed by atoms with Crippen molar-refractivity contribution in [1.29, 1.82) is 5.26 Å². The quantitative estimate of drug-likeness (QED) is 0.0698. The maximum atomic E-state index is 12.5. The van der Waals surface area contributed by atoms with Crippen molar-refractivity contribution in [2.75, 3.05) is 36.6 Å². The summed E-state index contributed by atoms with van der Waals surface area (Å²) in [4.78, 5) is 5.17. The Kier molecular flexibility index (Phi) is 13.8. The van der Waals surface area contributed by atoms with Crippen molar-refractivity contribution in [2.45, 2.75) is 59.4 Å². The molecule has 3 aromatic rings. The van der Waals surface area contributed by atoms with Crippen molar-refractivity contribution >= 4 is 42.2 Å². The van der Waals surface area contributed by atoms with Gasteiger partial charge >= 0.3 is 0 Å².